The molecule has 1 N–H and O–H groups in total. The molecule has 2 aromatic carbocycles. The number of guanidine groups is 1. The number of nitrogens with zero attached hydrogens (tertiary/aromatic N) is 2. The summed E-state index contributed by atoms with van der Waals surface area (Å²) >= 11 is 0. The van der Waals surface area contributed by atoms with Gasteiger partial charge in [0.2, 0.25) is 0 Å². The number of piperidine rings is 1. The Hall–Kier alpha value is -1.80. The van der Waals surface area contributed by atoms with Gasteiger partial charge in [-0.25, -0.2) is 0 Å². The van der Waals surface area contributed by atoms with Crippen LogP contribution in [0.2, 0.25) is 0 Å². The van der Waals surface area contributed by atoms with Crippen LogP contribution in [0.3, 0.4) is 0 Å². The van der Waals surface area contributed by atoms with Gasteiger partial charge in [0.05, 0.1) is 0 Å². The molecule has 0 atom stereocenters. The standard InChI is InChI=1S/C25H33N3O2.HI/c1-26-24(28-16-12-23(13-17-28)30-22-10-6-3-7-11-22)27-20-25(14-18-29-19-15-25)21-8-4-2-5-9-21;/h2-11,23H,12-20H2,1H3,(H,26,27);1H. The van der Waals surface area contributed by atoms with Gasteiger partial charge in [-0.05, 0) is 30.5 Å². The Bertz CT molecular complexity index is 802. The molecule has 31 heavy (non-hydrogen) atoms. The van der Waals surface area contributed by atoms with E-state index in [2.05, 4.69) is 45.5 Å². The predicted molar refractivity (Wildman–Crippen MR) is 137 cm³/mol. The Kier molecular flexibility index (Phi) is 9.02. The number of benzene rings is 2. The SMILES string of the molecule is CN=C(NCC1(c2ccccc2)CCOCC1)N1CCC(Oc2ccccc2)CC1.I. The van der Waals surface area contributed by atoms with Gasteiger partial charge in [0.25, 0.3) is 0 Å². The molecule has 0 aromatic heterocycles. The van der Waals surface area contributed by atoms with E-state index in [9.17, 15) is 0 Å². The predicted octanol–water partition coefficient (Wildman–Crippen LogP) is 4.47. The maximum Gasteiger partial charge on any atom is 0.193 e. The minimum atomic E-state index is 0. The van der Waals surface area contributed by atoms with E-state index in [1.807, 2.05) is 37.4 Å². The molecule has 168 valence electrons. The number of halogens is 1. The van der Waals surface area contributed by atoms with E-state index in [1.165, 1.54) is 5.56 Å². The zero-order chi connectivity index (χ0) is 20.7. The largest absolute Gasteiger partial charge is 0.490 e. The summed E-state index contributed by atoms with van der Waals surface area (Å²) in [7, 11) is 1.88. The van der Waals surface area contributed by atoms with Crippen LogP contribution < -0.4 is 10.1 Å². The molecule has 2 fully saturated rings. The third kappa shape index (κ3) is 6.13. The Morgan fingerprint density at radius 3 is 2.26 bits per heavy atom. The fourth-order valence-corrected chi connectivity index (χ4v) is 4.58. The normalized spacial score (nSPS) is 19.4. The van der Waals surface area contributed by atoms with E-state index < -0.39 is 0 Å². The zero-order valence-corrected chi connectivity index (χ0v) is 20.7. The van der Waals surface area contributed by atoms with Crippen molar-refractivity contribution in [1.29, 1.82) is 0 Å². The molecule has 0 amide bonds. The molecule has 0 radical (unpaired) electrons. The molecule has 5 nitrogen and oxygen atoms in total. The van der Waals surface area contributed by atoms with Gasteiger partial charge in [-0.2, -0.15) is 0 Å². The van der Waals surface area contributed by atoms with Crippen molar-refractivity contribution in [2.24, 2.45) is 4.99 Å². The summed E-state index contributed by atoms with van der Waals surface area (Å²) < 4.78 is 11.8. The van der Waals surface area contributed by atoms with Gasteiger partial charge in [0.1, 0.15) is 11.9 Å². The molecule has 2 saturated heterocycles. The van der Waals surface area contributed by atoms with Gasteiger partial charge < -0.3 is 19.7 Å². The van der Waals surface area contributed by atoms with E-state index in [0.717, 1.165) is 70.2 Å². The van der Waals surface area contributed by atoms with Gasteiger partial charge >= 0.3 is 0 Å². The molecule has 0 unspecified atom stereocenters. The van der Waals surface area contributed by atoms with Gasteiger partial charge in [0.15, 0.2) is 5.96 Å². The van der Waals surface area contributed by atoms with Crippen LogP contribution >= 0.6 is 24.0 Å². The first-order chi connectivity index (χ1) is 14.8. The summed E-state index contributed by atoms with van der Waals surface area (Å²) in [6.45, 7) is 4.43. The topological polar surface area (TPSA) is 46.1 Å². The molecule has 2 heterocycles. The second-order valence-corrected chi connectivity index (χ2v) is 8.28. The molecule has 0 bridgehead atoms. The average molecular weight is 535 g/mol. The first-order valence-corrected chi connectivity index (χ1v) is 11.1. The second-order valence-electron chi connectivity index (χ2n) is 8.28. The van der Waals surface area contributed by atoms with Crippen LogP contribution in [-0.4, -0.2) is 56.9 Å². The number of hydrogen-bond donors (Lipinski definition) is 1. The van der Waals surface area contributed by atoms with Gasteiger partial charge in [-0.1, -0.05) is 48.5 Å². The summed E-state index contributed by atoms with van der Waals surface area (Å²) in [6.07, 6.45) is 4.36. The minimum Gasteiger partial charge on any atom is -0.490 e. The van der Waals surface area contributed by atoms with Crippen molar-refractivity contribution in [2.45, 2.75) is 37.2 Å². The Morgan fingerprint density at radius 1 is 1.03 bits per heavy atom. The first-order valence-electron chi connectivity index (χ1n) is 11.1. The van der Waals surface area contributed by atoms with E-state index in [4.69, 9.17) is 9.47 Å². The summed E-state index contributed by atoms with van der Waals surface area (Å²) in [5.74, 6) is 1.96. The summed E-state index contributed by atoms with van der Waals surface area (Å²) in [5.41, 5.74) is 1.50. The van der Waals surface area contributed by atoms with Crippen molar-refractivity contribution >= 4 is 29.9 Å². The number of aliphatic imine (C=N–C) groups is 1. The lowest BCUT2D eigenvalue weighted by atomic mass is 9.74. The second kappa shape index (κ2) is 11.7. The molecule has 2 aliphatic heterocycles. The maximum absolute atomic E-state index is 6.15. The van der Waals surface area contributed by atoms with Gasteiger partial charge in [-0.3, -0.25) is 4.99 Å². The van der Waals surface area contributed by atoms with E-state index in [1.54, 1.807) is 0 Å². The molecule has 0 aliphatic carbocycles. The van der Waals surface area contributed by atoms with Crippen molar-refractivity contribution in [3.8, 4) is 5.75 Å². The van der Waals surface area contributed by atoms with E-state index in [0.29, 0.717) is 0 Å². The highest BCUT2D eigenvalue weighted by Crippen LogP contribution is 2.34. The molecule has 0 spiro atoms. The van der Waals surface area contributed by atoms with Gasteiger partial charge in [-0.15, -0.1) is 24.0 Å². The lowest BCUT2D eigenvalue weighted by molar-refractivity contribution is 0.0509. The fourth-order valence-electron chi connectivity index (χ4n) is 4.58. The molecule has 4 rings (SSSR count). The maximum atomic E-state index is 6.15. The van der Waals surface area contributed by atoms with Crippen molar-refractivity contribution in [2.75, 3.05) is 39.9 Å². The lowest BCUT2D eigenvalue weighted by Crippen LogP contribution is -2.51. The van der Waals surface area contributed by atoms with Crippen LogP contribution in [0.4, 0.5) is 0 Å². The third-order valence-corrected chi connectivity index (χ3v) is 6.42. The fraction of sp³-hybridized carbons (Fsp3) is 0.480. The molecule has 2 aromatic rings. The van der Waals surface area contributed by atoms with Crippen LogP contribution in [-0.2, 0) is 10.2 Å². The van der Waals surface area contributed by atoms with Crippen LogP contribution in [0.15, 0.2) is 65.7 Å². The number of rotatable bonds is 5. The Morgan fingerprint density at radius 2 is 1.65 bits per heavy atom. The number of nitrogens with one attached hydrogen (secondary N) is 1. The van der Waals surface area contributed by atoms with Crippen molar-refractivity contribution in [3.63, 3.8) is 0 Å². The monoisotopic (exact) mass is 535 g/mol. The molecular formula is C25H34IN3O2. The quantitative estimate of drug-likeness (QED) is 0.349. The number of para-hydroxylation sites is 1. The summed E-state index contributed by atoms with van der Waals surface area (Å²) in [5, 5.41) is 3.69. The Balaban J connectivity index is 0.00000272. The number of ether oxygens (including phenoxy) is 2. The molecule has 0 saturated carbocycles. The van der Waals surface area contributed by atoms with Crippen molar-refractivity contribution < 1.29 is 9.47 Å². The molecular weight excluding hydrogens is 501 g/mol. The van der Waals surface area contributed by atoms with Crippen LogP contribution in [0, 0.1) is 0 Å². The highest BCUT2D eigenvalue weighted by atomic mass is 127. The smallest absolute Gasteiger partial charge is 0.193 e. The number of likely N-dealkylation sites (tertiary alicyclic amines) is 1. The highest BCUT2D eigenvalue weighted by molar-refractivity contribution is 14.0. The van der Waals surface area contributed by atoms with Crippen molar-refractivity contribution in [1.82, 2.24) is 10.2 Å². The summed E-state index contributed by atoms with van der Waals surface area (Å²) in [6, 6.07) is 21.0. The summed E-state index contributed by atoms with van der Waals surface area (Å²) in [4.78, 5) is 6.95. The molecule has 6 heteroatoms. The zero-order valence-electron chi connectivity index (χ0n) is 18.3. The van der Waals surface area contributed by atoms with E-state index in [-0.39, 0.29) is 35.5 Å². The van der Waals surface area contributed by atoms with E-state index >= 15 is 0 Å². The van der Waals surface area contributed by atoms with Gasteiger partial charge in [0, 0.05) is 58.2 Å². The third-order valence-electron chi connectivity index (χ3n) is 6.42. The first kappa shape index (κ1) is 23.9. The lowest BCUT2D eigenvalue weighted by Gasteiger charge is -2.40. The van der Waals surface area contributed by atoms with Crippen LogP contribution in [0.5, 0.6) is 5.75 Å². The average Bonchev–Trinajstić information content (AvgIpc) is 2.82. The van der Waals surface area contributed by atoms with Crippen LogP contribution in [0.1, 0.15) is 31.2 Å². The van der Waals surface area contributed by atoms with Crippen molar-refractivity contribution in [3.05, 3.63) is 66.2 Å². The highest BCUT2D eigenvalue weighted by Gasteiger charge is 2.35. The minimum absolute atomic E-state index is 0. The Labute approximate surface area is 203 Å². The molecule has 2 aliphatic rings. The number of hydrogen-bond acceptors (Lipinski definition) is 3. The van der Waals surface area contributed by atoms with Crippen LogP contribution in [0.25, 0.3) is 0 Å².